The molecular weight excluding hydrogens is 194 g/mol. The molecule has 4 N–H and O–H groups in total. The molecule has 0 aliphatic carbocycles. The van der Waals surface area contributed by atoms with Gasteiger partial charge in [0.15, 0.2) is 0 Å². The van der Waals surface area contributed by atoms with E-state index < -0.39 is 0 Å². The summed E-state index contributed by atoms with van der Waals surface area (Å²) < 4.78 is 0. The highest BCUT2D eigenvalue weighted by Crippen LogP contribution is 1.99. The fraction of sp³-hybridized carbons (Fsp3) is 0.444. The number of nitrogens with one attached hydrogen (secondary N) is 2. The first-order valence-corrected chi connectivity index (χ1v) is 4.80. The van der Waals surface area contributed by atoms with Crippen molar-refractivity contribution in [2.45, 2.75) is 13.3 Å². The molecule has 0 saturated heterocycles. The standard InChI is InChI=1S/C9H15N5O/c1-2-3-11-8(15)6-14-9-12-4-7(10)5-13-9/h4-5H,2-3,6,10H2,1H3,(H,11,15)(H,12,13,14). The van der Waals surface area contributed by atoms with Crippen molar-refractivity contribution in [3.63, 3.8) is 0 Å². The summed E-state index contributed by atoms with van der Waals surface area (Å²) in [4.78, 5) is 19.0. The lowest BCUT2D eigenvalue weighted by Crippen LogP contribution is -2.30. The van der Waals surface area contributed by atoms with E-state index >= 15 is 0 Å². The van der Waals surface area contributed by atoms with Crippen molar-refractivity contribution in [3.8, 4) is 0 Å². The number of amides is 1. The average Bonchev–Trinajstić information content (AvgIpc) is 2.25. The van der Waals surface area contributed by atoms with E-state index in [-0.39, 0.29) is 12.5 Å². The van der Waals surface area contributed by atoms with Crippen molar-refractivity contribution in [1.82, 2.24) is 15.3 Å². The number of carbonyl (C=O) groups is 1. The molecule has 1 heterocycles. The Morgan fingerprint density at radius 3 is 2.73 bits per heavy atom. The maximum atomic E-state index is 11.2. The molecule has 1 aromatic heterocycles. The topological polar surface area (TPSA) is 92.9 Å². The van der Waals surface area contributed by atoms with Gasteiger partial charge in [0.1, 0.15) is 0 Å². The van der Waals surface area contributed by atoms with E-state index in [4.69, 9.17) is 5.73 Å². The van der Waals surface area contributed by atoms with Crippen LogP contribution in [-0.2, 0) is 4.79 Å². The van der Waals surface area contributed by atoms with Crippen LogP contribution in [0.1, 0.15) is 13.3 Å². The van der Waals surface area contributed by atoms with E-state index in [2.05, 4.69) is 20.6 Å². The third kappa shape index (κ3) is 4.26. The Labute approximate surface area is 88.3 Å². The van der Waals surface area contributed by atoms with Crippen molar-refractivity contribution in [3.05, 3.63) is 12.4 Å². The zero-order valence-corrected chi connectivity index (χ0v) is 8.66. The zero-order valence-electron chi connectivity index (χ0n) is 8.66. The molecule has 6 heteroatoms. The monoisotopic (exact) mass is 209 g/mol. The van der Waals surface area contributed by atoms with Crippen LogP contribution in [0, 0.1) is 0 Å². The Balaban J connectivity index is 2.30. The van der Waals surface area contributed by atoms with Gasteiger partial charge in [0, 0.05) is 6.54 Å². The number of anilines is 2. The number of hydrogen-bond donors (Lipinski definition) is 3. The minimum absolute atomic E-state index is 0.0720. The van der Waals surface area contributed by atoms with Gasteiger partial charge in [-0.15, -0.1) is 0 Å². The minimum Gasteiger partial charge on any atom is -0.396 e. The Hall–Kier alpha value is -1.85. The van der Waals surface area contributed by atoms with Crippen LogP contribution in [0.15, 0.2) is 12.4 Å². The molecule has 1 aromatic rings. The van der Waals surface area contributed by atoms with Gasteiger partial charge in [0.25, 0.3) is 0 Å². The summed E-state index contributed by atoms with van der Waals surface area (Å²) in [5, 5.41) is 5.52. The maximum absolute atomic E-state index is 11.2. The SMILES string of the molecule is CCCNC(=O)CNc1ncc(N)cn1. The van der Waals surface area contributed by atoms with E-state index in [1.165, 1.54) is 12.4 Å². The molecule has 0 spiro atoms. The molecule has 0 aromatic carbocycles. The van der Waals surface area contributed by atoms with Crippen molar-refractivity contribution in [2.24, 2.45) is 0 Å². The molecule has 0 radical (unpaired) electrons. The van der Waals surface area contributed by atoms with Crippen LogP contribution in [-0.4, -0.2) is 29.0 Å². The molecular formula is C9H15N5O. The molecule has 15 heavy (non-hydrogen) atoms. The summed E-state index contributed by atoms with van der Waals surface area (Å²) in [5.74, 6) is 0.327. The number of rotatable bonds is 5. The molecule has 1 rings (SSSR count). The molecule has 0 aliphatic rings. The lowest BCUT2D eigenvalue weighted by Gasteiger charge is -2.05. The van der Waals surface area contributed by atoms with Crippen molar-refractivity contribution >= 4 is 17.5 Å². The quantitative estimate of drug-likeness (QED) is 0.634. The van der Waals surface area contributed by atoms with Gasteiger partial charge in [0.05, 0.1) is 24.6 Å². The Bertz CT molecular complexity index is 311. The Kier molecular flexibility index (Phi) is 4.33. The van der Waals surface area contributed by atoms with Crippen LogP contribution in [0.25, 0.3) is 0 Å². The minimum atomic E-state index is -0.0720. The highest BCUT2D eigenvalue weighted by Gasteiger charge is 2.00. The lowest BCUT2D eigenvalue weighted by atomic mass is 10.4. The van der Waals surface area contributed by atoms with Crippen molar-refractivity contribution < 1.29 is 4.79 Å². The molecule has 6 nitrogen and oxygen atoms in total. The molecule has 0 bridgehead atoms. The largest absolute Gasteiger partial charge is 0.396 e. The Morgan fingerprint density at radius 2 is 2.13 bits per heavy atom. The van der Waals surface area contributed by atoms with Crippen molar-refractivity contribution in [2.75, 3.05) is 24.1 Å². The molecule has 0 aliphatic heterocycles. The second-order valence-corrected chi connectivity index (χ2v) is 3.04. The first-order chi connectivity index (χ1) is 7.22. The van der Waals surface area contributed by atoms with E-state index in [1.54, 1.807) is 0 Å². The number of hydrogen-bond acceptors (Lipinski definition) is 5. The van der Waals surface area contributed by atoms with E-state index in [0.717, 1.165) is 6.42 Å². The fourth-order valence-electron chi connectivity index (χ4n) is 0.916. The normalized spacial score (nSPS) is 9.67. The van der Waals surface area contributed by atoms with Crippen LogP contribution in [0.5, 0.6) is 0 Å². The van der Waals surface area contributed by atoms with E-state index in [0.29, 0.717) is 18.2 Å². The maximum Gasteiger partial charge on any atom is 0.239 e. The number of nitrogens with two attached hydrogens (primary N) is 1. The highest BCUT2D eigenvalue weighted by atomic mass is 16.1. The molecule has 1 amide bonds. The van der Waals surface area contributed by atoms with Crippen LogP contribution < -0.4 is 16.4 Å². The van der Waals surface area contributed by atoms with Crippen LogP contribution in [0.3, 0.4) is 0 Å². The van der Waals surface area contributed by atoms with Gasteiger partial charge >= 0.3 is 0 Å². The molecule has 0 saturated carbocycles. The van der Waals surface area contributed by atoms with Crippen LogP contribution in [0.2, 0.25) is 0 Å². The van der Waals surface area contributed by atoms with Gasteiger partial charge < -0.3 is 16.4 Å². The van der Waals surface area contributed by atoms with Crippen molar-refractivity contribution in [1.29, 1.82) is 0 Å². The van der Waals surface area contributed by atoms with Gasteiger partial charge in [0.2, 0.25) is 11.9 Å². The van der Waals surface area contributed by atoms with Gasteiger partial charge in [-0.25, -0.2) is 9.97 Å². The highest BCUT2D eigenvalue weighted by molar-refractivity contribution is 5.80. The summed E-state index contributed by atoms with van der Waals surface area (Å²) >= 11 is 0. The second kappa shape index (κ2) is 5.79. The Morgan fingerprint density at radius 1 is 1.47 bits per heavy atom. The third-order valence-corrected chi connectivity index (χ3v) is 1.65. The third-order valence-electron chi connectivity index (χ3n) is 1.65. The van der Waals surface area contributed by atoms with E-state index in [9.17, 15) is 4.79 Å². The lowest BCUT2D eigenvalue weighted by molar-refractivity contribution is -0.119. The average molecular weight is 209 g/mol. The molecule has 0 atom stereocenters. The zero-order chi connectivity index (χ0) is 11.1. The summed E-state index contributed by atoms with van der Waals surface area (Å²) in [6.45, 7) is 2.85. The summed E-state index contributed by atoms with van der Waals surface area (Å²) in [6.07, 6.45) is 3.89. The van der Waals surface area contributed by atoms with Gasteiger partial charge in [-0.3, -0.25) is 4.79 Å². The molecule has 82 valence electrons. The predicted octanol–water partition coefficient (Wildman–Crippen LogP) is -0.00310. The fourth-order valence-corrected chi connectivity index (χ4v) is 0.916. The van der Waals surface area contributed by atoms with E-state index in [1.807, 2.05) is 6.92 Å². The summed E-state index contributed by atoms with van der Waals surface area (Å²) in [6, 6.07) is 0. The van der Waals surface area contributed by atoms with Crippen LogP contribution >= 0.6 is 0 Å². The number of nitrogens with zero attached hydrogens (tertiary/aromatic N) is 2. The van der Waals surface area contributed by atoms with Gasteiger partial charge in [-0.1, -0.05) is 6.92 Å². The number of aromatic nitrogens is 2. The molecule has 0 fully saturated rings. The first kappa shape index (κ1) is 11.2. The predicted molar refractivity (Wildman–Crippen MR) is 58.2 cm³/mol. The first-order valence-electron chi connectivity index (χ1n) is 4.80. The molecule has 0 unspecified atom stereocenters. The smallest absolute Gasteiger partial charge is 0.239 e. The number of carbonyl (C=O) groups excluding carboxylic acids is 1. The van der Waals surface area contributed by atoms with Gasteiger partial charge in [-0.05, 0) is 6.42 Å². The van der Waals surface area contributed by atoms with Crippen LogP contribution in [0.4, 0.5) is 11.6 Å². The number of nitrogen functional groups attached to an aromatic ring is 1. The summed E-state index contributed by atoms with van der Waals surface area (Å²) in [5.41, 5.74) is 5.91. The summed E-state index contributed by atoms with van der Waals surface area (Å²) in [7, 11) is 0. The van der Waals surface area contributed by atoms with Gasteiger partial charge in [-0.2, -0.15) is 0 Å². The second-order valence-electron chi connectivity index (χ2n) is 3.04.